The lowest BCUT2D eigenvalue weighted by molar-refractivity contribution is -0.140. The first-order valence-corrected chi connectivity index (χ1v) is 9.47. The fraction of sp³-hybridized carbons (Fsp3) is 0.650. The third-order valence-corrected chi connectivity index (χ3v) is 6.37. The van der Waals surface area contributed by atoms with E-state index >= 15 is 0 Å². The Hall–Kier alpha value is -1.46. The van der Waals surface area contributed by atoms with Crippen LogP contribution in [0.3, 0.4) is 0 Å². The Bertz CT molecular complexity index is 640. The molecule has 25 heavy (non-hydrogen) atoms. The molecule has 1 saturated carbocycles. The van der Waals surface area contributed by atoms with Gasteiger partial charge in [0.1, 0.15) is 5.82 Å². The number of hydrogen-bond donors (Lipinski definition) is 0. The van der Waals surface area contributed by atoms with E-state index in [9.17, 15) is 9.18 Å². The zero-order chi connectivity index (χ0) is 17.4. The minimum Gasteiger partial charge on any atom is -0.379 e. The molecule has 0 radical (unpaired) electrons. The molecule has 0 unspecified atom stereocenters. The molecule has 4 nitrogen and oxygen atoms in total. The summed E-state index contributed by atoms with van der Waals surface area (Å²) in [4.78, 5) is 17.9. The SMILES string of the molecule is C[C@@H]1CN(C(=O)C2(c3cccc(F)c3)CCC2)C[C@@H]1N1CCOCC1. The smallest absolute Gasteiger partial charge is 0.233 e. The maximum absolute atomic E-state index is 13.7. The highest BCUT2D eigenvalue weighted by Gasteiger charge is 2.50. The first-order chi connectivity index (χ1) is 12.1. The lowest BCUT2D eigenvalue weighted by atomic mass is 9.63. The van der Waals surface area contributed by atoms with Crippen molar-refractivity contribution in [2.45, 2.75) is 37.6 Å². The second kappa shape index (κ2) is 6.69. The normalized spacial score (nSPS) is 29.4. The molecule has 0 N–H and O–H groups in total. The van der Waals surface area contributed by atoms with Gasteiger partial charge in [-0.15, -0.1) is 0 Å². The van der Waals surface area contributed by atoms with Crippen LogP contribution >= 0.6 is 0 Å². The molecule has 2 heterocycles. The maximum atomic E-state index is 13.7. The molecule has 4 rings (SSSR count). The number of carbonyl (C=O) groups excluding carboxylic acids is 1. The Kier molecular flexibility index (Phi) is 4.54. The summed E-state index contributed by atoms with van der Waals surface area (Å²) in [7, 11) is 0. The minimum atomic E-state index is -0.498. The number of morpholine rings is 1. The second-order valence-corrected chi connectivity index (χ2v) is 7.85. The lowest BCUT2D eigenvalue weighted by Gasteiger charge is -2.43. The van der Waals surface area contributed by atoms with Gasteiger partial charge in [0.05, 0.1) is 18.6 Å². The topological polar surface area (TPSA) is 32.8 Å². The molecule has 1 aromatic rings. The van der Waals surface area contributed by atoms with E-state index in [4.69, 9.17) is 4.74 Å². The van der Waals surface area contributed by atoms with Crippen LogP contribution in [0, 0.1) is 11.7 Å². The fourth-order valence-electron chi connectivity index (χ4n) is 4.75. The highest BCUT2D eigenvalue weighted by atomic mass is 19.1. The average Bonchev–Trinajstić information content (AvgIpc) is 2.96. The molecule has 2 atom stereocenters. The maximum Gasteiger partial charge on any atom is 0.233 e. The Morgan fingerprint density at radius 3 is 2.64 bits per heavy atom. The van der Waals surface area contributed by atoms with Crippen LogP contribution in [-0.4, -0.2) is 61.1 Å². The molecule has 1 aromatic carbocycles. The molecule has 3 aliphatic rings. The second-order valence-electron chi connectivity index (χ2n) is 7.85. The van der Waals surface area contributed by atoms with Crippen LogP contribution < -0.4 is 0 Å². The van der Waals surface area contributed by atoms with E-state index in [1.807, 2.05) is 11.0 Å². The van der Waals surface area contributed by atoms with E-state index in [0.29, 0.717) is 12.0 Å². The summed E-state index contributed by atoms with van der Waals surface area (Å²) in [6.07, 6.45) is 2.71. The van der Waals surface area contributed by atoms with Crippen molar-refractivity contribution >= 4 is 5.91 Å². The third kappa shape index (κ3) is 2.97. The summed E-state index contributed by atoms with van der Waals surface area (Å²) in [5.41, 5.74) is 0.355. The van der Waals surface area contributed by atoms with Crippen molar-refractivity contribution in [2.24, 2.45) is 5.92 Å². The quantitative estimate of drug-likeness (QED) is 0.843. The van der Waals surface area contributed by atoms with Gasteiger partial charge in [0.15, 0.2) is 0 Å². The highest BCUT2D eigenvalue weighted by molar-refractivity contribution is 5.89. The van der Waals surface area contributed by atoms with Gasteiger partial charge in [-0.25, -0.2) is 4.39 Å². The van der Waals surface area contributed by atoms with Gasteiger partial charge in [0, 0.05) is 32.2 Å². The van der Waals surface area contributed by atoms with Crippen molar-refractivity contribution < 1.29 is 13.9 Å². The van der Waals surface area contributed by atoms with Gasteiger partial charge >= 0.3 is 0 Å². The Labute approximate surface area is 148 Å². The third-order valence-electron chi connectivity index (χ3n) is 6.37. The van der Waals surface area contributed by atoms with Crippen molar-refractivity contribution in [1.82, 2.24) is 9.80 Å². The molecule has 0 bridgehead atoms. The van der Waals surface area contributed by atoms with Gasteiger partial charge < -0.3 is 9.64 Å². The van der Waals surface area contributed by atoms with Gasteiger partial charge in [0.2, 0.25) is 5.91 Å². The first kappa shape index (κ1) is 17.0. The highest BCUT2D eigenvalue weighted by Crippen LogP contribution is 2.46. The molecule has 5 heteroatoms. The van der Waals surface area contributed by atoms with E-state index in [0.717, 1.165) is 64.2 Å². The van der Waals surface area contributed by atoms with Crippen molar-refractivity contribution in [2.75, 3.05) is 39.4 Å². The van der Waals surface area contributed by atoms with E-state index in [1.165, 1.54) is 6.07 Å². The molecular formula is C20H27FN2O2. The number of ether oxygens (including phenoxy) is 1. The van der Waals surface area contributed by atoms with Crippen LogP contribution in [-0.2, 0) is 14.9 Å². The number of likely N-dealkylation sites (tertiary alicyclic amines) is 1. The Balaban J connectivity index is 1.52. The number of benzene rings is 1. The summed E-state index contributed by atoms with van der Waals surface area (Å²) in [5, 5.41) is 0. The molecule has 1 amide bonds. The molecule has 0 spiro atoms. The van der Waals surface area contributed by atoms with Crippen LogP contribution in [0.15, 0.2) is 24.3 Å². The summed E-state index contributed by atoms with van der Waals surface area (Å²) in [6.45, 7) is 7.30. The molecule has 2 saturated heterocycles. The van der Waals surface area contributed by atoms with E-state index in [-0.39, 0.29) is 11.7 Å². The molecule has 136 valence electrons. The fourth-order valence-corrected chi connectivity index (χ4v) is 4.75. The monoisotopic (exact) mass is 346 g/mol. The number of halogens is 1. The van der Waals surface area contributed by atoms with Gasteiger partial charge in [-0.2, -0.15) is 0 Å². The largest absolute Gasteiger partial charge is 0.379 e. The molecule has 1 aliphatic carbocycles. The predicted octanol–water partition coefficient (Wildman–Crippen LogP) is 2.43. The van der Waals surface area contributed by atoms with Gasteiger partial charge in [-0.3, -0.25) is 9.69 Å². The Morgan fingerprint density at radius 1 is 1.24 bits per heavy atom. The standard InChI is InChI=1S/C20H27FN2O2/c1-15-13-23(14-18(15)22-8-10-25-11-9-22)19(24)20(6-3-7-20)16-4-2-5-17(21)12-16/h2,4-5,12,15,18H,3,6-11,13-14H2,1H3/t15-,18+/m1/s1. The Morgan fingerprint density at radius 2 is 2.00 bits per heavy atom. The summed E-state index contributed by atoms with van der Waals surface area (Å²) >= 11 is 0. The predicted molar refractivity (Wildman–Crippen MR) is 93.9 cm³/mol. The van der Waals surface area contributed by atoms with Crippen LogP contribution in [0.4, 0.5) is 4.39 Å². The first-order valence-electron chi connectivity index (χ1n) is 9.47. The summed E-state index contributed by atoms with van der Waals surface area (Å²) in [6, 6.07) is 7.06. The minimum absolute atomic E-state index is 0.201. The molecular weight excluding hydrogens is 319 g/mol. The molecule has 2 aliphatic heterocycles. The van der Waals surface area contributed by atoms with E-state index in [1.54, 1.807) is 12.1 Å². The molecule has 3 fully saturated rings. The van der Waals surface area contributed by atoms with Gasteiger partial charge in [-0.05, 0) is 36.5 Å². The number of nitrogens with zero attached hydrogens (tertiary/aromatic N) is 2. The van der Waals surface area contributed by atoms with Crippen LogP contribution in [0.2, 0.25) is 0 Å². The summed E-state index contributed by atoms with van der Waals surface area (Å²) < 4.78 is 19.2. The van der Waals surface area contributed by atoms with E-state index < -0.39 is 5.41 Å². The lowest BCUT2D eigenvalue weighted by Crippen LogP contribution is -2.51. The van der Waals surface area contributed by atoms with E-state index in [2.05, 4.69) is 11.8 Å². The number of carbonyl (C=O) groups is 1. The number of amides is 1. The van der Waals surface area contributed by atoms with Crippen LogP contribution in [0.25, 0.3) is 0 Å². The van der Waals surface area contributed by atoms with Crippen LogP contribution in [0.1, 0.15) is 31.7 Å². The van der Waals surface area contributed by atoms with Crippen LogP contribution in [0.5, 0.6) is 0 Å². The van der Waals surface area contributed by atoms with Crippen molar-refractivity contribution in [3.63, 3.8) is 0 Å². The van der Waals surface area contributed by atoms with Crippen molar-refractivity contribution in [3.05, 3.63) is 35.6 Å². The van der Waals surface area contributed by atoms with Crippen molar-refractivity contribution in [3.8, 4) is 0 Å². The van der Waals surface area contributed by atoms with Crippen molar-refractivity contribution in [1.29, 1.82) is 0 Å². The van der Waals surface area contributed by atoms with Gasteiger partial charge in [-0.1, -0.05) is 25.5 Å². The average molecular weight is 346 g/mol. The zero-order valence-corrected chi connectivity index (χ0v) is 14.9. The summed E-state index contributed by atoms with van der Waals surface area (Å²) in [5.74, 6) is 0.413. The molecule has 0 aromatic heterocycles. The number of rotatable bonds is 3. The van der Waals surface area contributed by atoms with Gasteiger partial charge in [0.25, 0.3) is 0 Å². The zero-order valence-electron chi connectivity index (χ0n) is 14.9. The number of hydrogen-bond acceptors (Lipinski definition) is 3.